The molecule has 0 unspecified atom stereocenters. The molecular formula is C31H24BrN3OS. The van der Waals surface area contributed by atoms with Crippen molar-refractivity contribution in [2.75, 3.05) is 0 Å². The van der Waals surface area contributed by atoms with E-state index in [0.29, 0.717) is 10.1 Å². The predicted octanol–water partition coefficient (Wildman–Crippen LogP) is 8.11. The summed E-state index contributed by atoms with van der Waals surface area (Å²) < 4.78 is 3.34. The number of carbonyl (C=O) groups excluding carboxylic acids is 1. The highest BCUT2D eigenvalue weighted by Crippen LogP contribution is 2.33. The van der Waals surface area contributed by atoms with E-state index in [2.05, 4.69) is 92.7 Å². The maximum Gasteiger partial charge on any atom is 0.264 e. The molecule has 1 fully saturated rings. The van der Waals surface area contributed by atoms with Crippen LogP contribution in [-0.4, -0.2) is 15.6 Å². The number of benzene rings is 4. The number of amides is 1. The van der Waals surface area contributed by atoms with Gasteiger partial charge in [-0.1, -0.05) is 70.5 Å². The lowest BCUT2D eigenvalue weighted by molar-refractivity contribution is -0.115. The summed E-state index contributed by atoms with van der Waals surface area (Å²) in [6.45, 7) is 4.84. The highest BCUT2D eigenvalue weighted by atomic mass is 79.9. The van der Waals surface area contributed by atoms with E-state index in [1.54, 1.807) is 0 Å². The Kier molecular flexibility index (Phi) is 6.22. The number of nitrogens with one attached hydrogen (secondary N) is 1. The lowest BCUT2D eigenvalue weighted by Crippen LogP contribution is -2.19. The van der Waals surface area contributed by atoms with Crippen LogP contribution in [0.15, 0.2) is 99.4 Å². The topological polar surface area (TPSA) is 46.4 Å². The van der Waals surface area contributed by atoms with E-state index in [1.807, 2.05) is 38.1 Å². The zero-order valence-corrected chi connectivity index (χ0v) is 22.9. The third-order valence-corrected chi connectivity index (χ3v) is 8.74. The molecule has 0 atom stereocenters. The van der Waals surface area contributed by atoms with E-state index in [1.165, 1.54) is 28.1 Å². The Labute approximate surface area is 228 Å². The summed E-state index contributed by atoms with van der Waals surface area (Å²) in [6.07, 6.45) is 4.11. The second kappa shape index (κ2) is 9.69. The molecule has 0 radical (unpaired) electrons. The van der Waals surface area contributed by atoms with Crippen molar-refractivity contribution in [1.29, 1.82) is 0 Å². The SMILES string of the molecule is Cc1cc(N=C2NC(=O)/C(=C/c3cn(Cc4ccc5ccccc5c4)c4ccccc34)S2)cc(C)c1Br. The van der Waals surface area contributed by atoms with Crippen molar-refractivity contribution in [2.45, 2.75) is 20.4 Å². The lowest BCUT2D eigenvalue weighted by Gasteiger charge is -2.07. The van der Waals surface area contributed by atoms with Crippen LogP contribution >= 0.6 is 27.7 Å². The van der Waals surface area contributed by atoms with Gasteiger partial charge in [0.15, 0.2) is 5.17 Å². The number of aliphatic imine (C=N–C) groups is 1. The molecule has 1 saturated heterocycles. The highest BCUT2D eigenvalue weighted by molar-refractivity contribution is 9.10. The number of aromatic nitrogens is 1. The van der Waals surface area contributed by atoms with Gasteiger partial charge in [-0.2, -0.15) is 0 Å². The number of carbonyl (C=O) groups is 1. The van der Waals surface area contributed by atoms with Gasteiger partial charge < -0.3 is 9.88 Å². The molecule has 6 rings (SSSR count). The average Bonchev–Trinajstić information content (AvgIpc) is 3.41. The Balaban J connectivity index is 1.32. The molecule has 0 saturated carbocycles. The molecule has 4 nitrogen and oxygen atoms in total. The minimum Gasteiger partial charge on any atom is -0.342 e. The van der Waals surface area contributed by atoms with E-state index >= 15 is 0 Å². The monoisotopic (exact) mass is 565 g/mol. The van der Waals surface area contributed by atoms with Crippen LogP contribution in [0.5, 0.6) is 0 Å². The number of para-hydroxylation sites is 1. The standard InChI is InChI=1S/C31H24BrN3OS/c1-19-13-25(14-20(2)29(19)32)33-31-34-30(36)28(37-31)16-24-18-35(27-10-6-5-9-26(24)27)17-21-11-12-22-7-3-4-8-23(22)15-21/h3-16,18H,17H2,1-2H3,(H,33,34,36)/b28-16-. The van der Waals surface area contributed by atoms with Crippen LogP contribution in [0, 0.1) is 13.8 Å². The van der Waals surface area contributed by atoms with Crippen LogP contribution in [0.4, 0.5) is 5.69 Å². The van der Waals surface area contributed by atoms with Crippen molar-refractivity contribution in [1.82, 2.24) is 9.88 Å². The Morgan fingerprint density at radius 3 is 2.49 bits per heavy atom. The first kappa shape index (κ1) is 23.8. The largest absolute Gasteiger partial charge is 0.342 e. The molecule has 182 valence electrons. The van der Waals surface area contributed by atoms with Gasteiger partial charge in [-0.25, -0.2) is 4.99 Å². The number of halogens is 1. The van der Waals surface area contributed by atoms with Gasteiger partial charge in [0, 0.05) is 33.7 Å². The molecule has 0 bridgehead atoms. The third kappa shape index (κ3) is 4.75. The molecule has 4 aromatic carbocycles. The first-order chi connectivity index (χ1) is 17.9. The molecule has 1 aromatic heterocycles. The fourth-order valence-electron chi connectivity index (χ4n) is 4.78. The molecular weight excluding hydrogens is 542 g/mol. The van der Waals surface area contributed by atoms with Crippen LogP contribution in [0.3, 0.4) is 0 Å². The summed E-state index contributed by atoms with van der Waals surface area (Å²) in [6, 6.07) is 27.4. The summed E-state index contributed by atoms with van der Waals surface area (Å²) >= 11 is 4.98. The number of aryl methyl sites for hydroxylation is 2. The first-order valence-electron chi connectivity index (χ1n) is 12.1. The summed E-state index contributed by atoms with van der Waals surface area (Å²) in [7, 11) is 0. The van der Waals surface area contributed by atoms with Crippen molar-refractivity contribution in [3.05, 3.63) is 117 Å². The maximum atomic E-state index is 12.8. The number of fused-ring (bicyclic) bond motifs is 2. The maximum absolute atomic E-state index is 12.8. The Morgan fingerprint density at radius 1 is 0.946 bits per heavy atom. The van der Waals surface area contributed by atoms with Gasteiger partial charge in [0.1, 0.15) is 0 Å². The zero-order chi connectivity index (χ0) is 25.5. The molecule has 0 spiro atoms. The van der Waals surface area contributed by atoms with E-state index < -0.39 is 0 Å². The third-order valence-electron chi connectivity index (χ3n) is 6.58. The molecule has 1 aliphatic rings. The molecule has 37 heavy (non-hydrogen) atoms. The van der Waals surface area contributed by atoms with Crippen molar-refractivity contribution in [3.63, 3.8) is 0 Å². The van der Waals surface area contributed by atoms with E-state index in [9.17, 15) is 4.79 Å². The second-order valence-corrected chi connectivity index (χ2v) is 11.1. The molecule has 6 heteroatoms. The molecule has 1 aliphatic heterocycles. The van der Waals surface area contributed by atoms with Crippen molar-refractivity contribution in [3.8, 4) is 0 Å². The van der Waals surface area contributed by atoms with Gasteiger partial charge in [-0.15, -0.1) is 0 Å². The lowest BCUT2D eigenvalue weighted by atomic mass is 10.1. The summed E-state index contributed by atoms with van der Waals surface area (Å²) in [5.74, 6) is -0.124. The molecule has 0 aliphatic carbocycles. The van der Waals surface area contributed by atoms with Gasteiger partial charge in [0.25, 0.3) is 5.91 Å². The minimum atomic E-state index is -0.124. The number of thioether (sulfide) groups is 1. The first-order valence-corrected chi connectivity index (χ1v) is 13.7. The fourth-order valence-corrected chi connectivity index (χ4v) is 5.84. The summed E-state index contributed by atoms with van der Waals surface area (Å²) in [4.78, 5) is 18.2. The zero-order valence-electron chi connectivity index (χ0n) is 20.5. The molecule has 5 aromatic rings. The van der Waals surface area contributed by atoms with Crippen LogP contribution < -0.4 is 5.32 Å². The number of hydrogen-bond acceptors (Lipinski definition) is 3. The predicted molar refractivity (Wildman–Crippen MR) is 159 cm³/mol. The number of rotatable bonds is 4. The Bertz CT molecular complexity index is 1740. The molecule has 2 heterocycles. The van der Waals surface area contributed by atoms with Crippen molar-refractivity contribution in [2.24, 2.45) is 4.99 Å². The van der Waals surface area contributed by atoms with Crippen LogP contribution in [0.1, 0.15) is 22.3 Å². The van der Waals surface area contributed by atoms with E-state index in [4.69, 9.17) is 4.99 Å². The normalized spacial score (nSPS) is 15.8. The average molecular weight is 567 g/mol. The minimum absolute atomic E-state index is 0.124. The second-order valence-electron chi connectivity index (χ2n) is 9.29. The Morgan fingerprint density at radius 2 is 1.68 bits per heavy atom. The summed E-state index contributed by atoms with van der Waals surface area (Å²) in [5.41, 5.74) is 6.45. The van der Waals surface area contributed by atoms with Crippen molar-refractivity contribution >= 4 is 72.2 Å². The quantitative estimate of drug-likeness (QED) is 0.224. The van der Waals surface area contributed by atoms with Gasteiger partial charge in [0.2, 0.25) is 0 Å². The number of hydrogen-bond donors (Lipinski definition) is 1. The fraction of sp³-hybridized carbons (Fsp3) is 0.0968. The highest BCUT2D eigenvalue weighted by Gasteiger charge is 2.24. The number of amidine groups is 1. The van der Waals surface area contributed by atoms with E-state index in [0.717, 1.165) is 44.3 Å². The van der Waals surface area contributed by atoms with Gasteiger partial charge in [-0.05, 0) is 83.4 Å². The van der Waals surface area contributed by atoms with Gasteiger partial charge in [0.05, 0.1) is 10.6 Å². The number of nitrogens with zero attached hydrogens (tertiary/aromatic N) is 2. The molecule has 1 N–H and O–H groups in total. The van der Waals surface area contributed by atoms with Crippen LogP contribution in [-0.2, 0) is 11.3 Å². The molecule has 1 amide bonds. The van der Waals surface area contributed by atoms with Crippen LogP contribution in [0.2, 0.25) is 0 Å². The van der Waals surface area contributed by atoms with E-state index in [-0.39, 0.29) is 5.91 Å². The Hall–Kier alpha value is -3.61. The smallest absolute Gasteiger partial charge is 0.264 e. The van der Waals surface area contributed by atoms with Gasteiger partial charge >= 0.3 is 0 Å². The van der Waals surface area contributed by atoms with Crippen molar-refractivity contribution < 1.29 is 4.79 Å². The summed E-state index contributed by atoms with van der Waals surface area (Å²) in [5, 5.41) is 7.12. The van der Waals surface area contributed by atoms with Crippen LogP contribution in [0.25, 0.3) is 27.8 Å². The van der Waals surface area contributed by atoms with Gasteiger partial charge in [-0.3, -0.25) is 4.79 Å².